The van der Waals surface area contributed by atoms with E-state index in [-0.39, 0.29) is 10.8 Å². The minimum Gasteiger partial charge on any atom is -0.282 e. The lowest BCUT2D eigenvalue weighted by Crippen LogP contribution is -2.06. The van der Waals surface area contributed by atoms with E-state index in [4.69, 9.17) is 23.2 Å². The summed E-state index contributed by atoms with van der Waals surface area (Å²) in [5.41, 5.74) is 2.37. The van der Waals surface area contributed by atoms with Gasteiger partial charge in [0.15, 0.2) is 0 Å². The molecule has 25 heavy (non-hydrogen) atoms. The Morgan fingerprint density at radius 3 is 2.16 bits per heavy atom. The number of hydrogen-bond acceptors (Lipinski definition) is 2. The van der Waals surface area contributed by atoms with Crippen molar-refractivity contribution in [3.05, 3.63) is 99.5 Å². The molecule has 0 heterocycles. The fraction of sp³-hybridized carbons (Fsp3) is 0.0526. The fourth-order valence-corrected chi connectivity index (χ4v) is 3.73. The summed E-state index contributed by atoms with van der Waals surface area (Å²) in [6.45, 7) is 0. The molecule has 0 aliphatic heterocycles. The second kappa shape index (κ2) is 7.18. The highest BCUT2D eigenvalue weighted by atomic mass is 35.5. The van der Waals surface area contributed by atoms with Gasteiger partial charge >= 0.3 is 0 Å². The van der Waals surface area contributed by atoms with Crippen LogP contribution < -0.4 is 0 Å². The summed E-state index contributed by atoms with van der Waals surface area (Å²) in [5.74, 6) is -0.325. The largest absolute Gasteiger partial charge is 0.294 e. The molecule has 3 nitrogen and oxygen atoms in total. The van der Waals surface area contributed by atoms with Crippen LogP contribution in [0.15, 0.2) is 77.7 Å². The molecule has 3 rings (SSSR count). The Labute approximate surface area is 156 Å². The number of rotatable bonds is 4. The molecule has 0 saturated heterocycles. The van der Waals surface area contributed by atoms with Crippen LogP contribution in [-0.4, -0.2) is 13.0 Å². The highest BCUT2D eigenvalue weighted by molar-refractivity contribution is 7.85. The van der Waals surface area contributed by atoms with Crippen LogP contribution in [0, 0.1) is 0 Å². The standard InChI is InChI=1S/C19H14Cl2O3S/c20-15-9-10-18(21)17(12-15)19(13-5-2-1-3-6-13)14-7-4-8-16(11-14)25(22,23)24/h1-12,19H,(H,22,23,24). The van der Waals surface area contributed by atoms with E-state index in [9.17, 15) is 13.0 Å². The van der Waals surface area contributed by atoms with Gasteiger partial charge in [-0.05, 0) is 47.0 Å². The molecule has 1 unspecified atom stereocenters. The van der Waals surface area contributed by atoms with E-state index < -0.39 is 10.1 Å². The smallest absolute Gasteiger partial charge is 0.282 e. The Kier molecular flexibility index (Phi) is 5.16. The van der Waals surface area contributed by atoms with Crippen molar-refractivity contribution in [3.8, 4) is 0 Å². The highest BCUT2D eigenvalue weighted by Crippen LogP contribution is 2.37. The summed E-state index contributed by atoms with van der Waals surface area (Å²) in [6.07, 6.45) is 0. The van der Waals surface area contributed by atoms with Crippen molar-refractivity contribution in [2.75, 3.05) is 0 Å². The minimum atomic E-state index is -4.30. The van der Waals surface area contributed by atoms with E-state index in [1.807, 2.05) is 30.3 Å². The van der Waals surface area contributed by atoms with Crippen LogP contribution in [0.2, 0.25) is 10.0 Å². The van der Waals surface area contributed by atoms with Crippen molar-refractivity contribution < 1.29 is 13.0 Å². The van der Waals surface area contributed by atoms with Gasteiger partial charge in [0.05, 0.1) is 4.90 Å². The maximum absolute atomic E-state index is 11.5. The first-order valence-corrected chi connectivity index (χ1v) is 9.63. The molecule has 0 aliphatic rings. The Morgan fingerprint density at radius 2 is 1.48 bits per heavy atom. The van der Waals surface area contributed by atoms with Crippen LogP contribution in [0.4, 0.5) is 0 Å². The third kappa shape index (κ3) is 4.05. The van der Waals surface area contributed by atoms with E-state index in [2.05, 4.69) is 0 Å². The molecule has 3 aromatic carbocycles. The van der Waals surface area contributed by atoms with Gasteiger partial charge in [0, 0.05) is 16.0 Å². The van der Waals surface area contributed by atoms with Gasteiger partial charge in [0.25, 0.3) is 10.1 Å². The summed E-state index contributed by atoms with van der Waals surface area (Å²) in [7, 11) is -4.30. The summed E-state index contributed by atoms with van der Waals surface area (Å²) in [6, 6.07) is 20.9. The Hall–Kier alpha value is -1.85. The topological polar surface area (TPSA) is 54.4 Å². The summed E-state index contributed by atoms with van der Waals surface area (Å²) >= 11 is 12.5. The molecule has 0 saturated carbocycles. The molecule has 0 radical (unpaired) electrons. The Morgan fingerprint density at radius 1 is 0.800 bits per heavy atom. The maximum Gasteiger partial charge on any atom is 0.294 e. The van der Waals surface area contributed by atoms with Gasteiger partial charge in [-0.3, -0.25) is 4.55 Å². The predicted molar refractivity (Wildman–Crippen MR) is 100 cm³/mol. The van der Waals surface area contributed by atoms with Crippen molar-refractivity contribution >= 4 is 33.3 Å². The van der Waals surface area contributed by atoms with Crippen LogP contribution >= 0.6 is 23.2 Å². The van der Waals surface area contributed by atoms with Gasteiger partial charge < -0.3 is 0 Å². The van der Waals surface area contributed by atoms with Gasteiger partial charge in [-0.1, -0.05) is 65.7 Å². The lowest BCUT2D eigenvalue weighted by molar-refractivity contribution is 0.483. The average Bonchev–Trinajstić information content (AvgIpc) is 2.59. The zero-order chi connectivity index (χ0) is 18.0. The first-order chi connectivity index (χ1) is 11.9. The molecule has 6 heteroatoms. The molecular formula is C19H14Cl2O3S. The number of benzene rings is 3. The summed E-state index contributed by atoms with van der Waals surface area (Å²) in [4.78, 5) is -0.163. The Balaban J connectivity index is 2.25. The monoisotopic (exact) mass is 392 g/mol. The summed E-state index contributed by atoms with van der Waals surface area (Å²) < 4.78 is 32.4. The third-order valence-electron chi connectivity index (χ3n) is 3.89. The lowest BCUT2D eigenvalue weighted by Gasteiger charge is -2.21. The molecule has 0 aliphatic carbocycles. The predicted octanol–water partition coefficient (Wildman–Crippen LogP) is 5.42. The molecule has 0 amide bonds. The second-order valence-corrected chi connectivity index (χ2v) is 7.82. The molecule has 128 valence electrons. The summed E-state index contributed by atoms with van der Waals surface area (Å²) in [5, 5.41) is 1.06. The normalized spacial score (nSPS) is 12.8. The molecule has 0 fully saturated rings. The third-order valence-corrected chi connectivity index (χ3v) is 5.32. The van der Waals surface area contributed by atoms with Crippen LogP contribution in [0.5, 0.6) is 0 Å². The van der Waals surface area contributed by atoms with Gasteiger partial charge in [0.1, 0.15) is 0 Å². The molecule has 3 aromatic rings. The zero-order valence-electron chi connectivity index (χ0n) is 12.9. The van der Waals surface area contributed by atoms with E-state index in [0.717, 1.165) is 11.1 Å². The minimum absolute atomic E-state index is 0.163. The van der Waals surface area contributed by atoms with Crippen molar-refractivity contribution in [2.24, 2.45) is 0 Å². The van der Waals surface area contributed by atoms with Crippen molar-refractivity contribution in [2.45, 2.75) is 10.8 Å². The molecule has 0 aromatic heterocycles. The van der Waals surface area contributed by atoms with E-state index >= 15 is 0 Å². The molecule has 1 atom stereocenters. The van der Waals surface area contributed by atoms with E-state index in [0.29, 0.717) is 15.6 Å². The quantitative estimate of drug-likeness (QED) is 0.476. The van der Waals surface area contributed by atoms with Crippen LogP contribution in [0.1, 0.15) is 22.6 Å². The average molecular weight is 393 g/mol. The first-order valence-electron chi connectivity index (χ1n) is 7.43. The van der Waals surface area contributed by atoms with Crippen molar-refractivity contribution in [3.63, 3.8) is 0 Å². The maximum atomic E-state index is 11.5. The molecule has 0 bridgehead atoms. The molecule has 1 N–H and O–H groups in total. The van der Waals surface area contributed by atoms with Crippen LogP contribution in [0.3, 0.4) is 0 Å². The fourth-order valence-electron chi connectivity index (χ4n) is 2.79. The van der Waals surface area contributed by atoms with Crippen LogP contribution in [-0.2, 0) is 10.1 Å². The molecule has 0 spiro atoms. The van der Waals surface area contributed by atoms with Crippen molar-refractivity contribution in [1.29, 1.82) is 0 Å². The van der Waals surface area contributed by atoms with Gasteiger partial charge in [-0.25, -0.2) is 0 Å². The van der Waals surface area contributed by atoms with E-state index in [1.165, 1.54) is 12.1 Å². The van der Waals surface area contributed by atoms with Gasteiger partial charge in [-0.15, -0.1) is 0 Å². The lowest BCUT2D eigenvalue weighted by atomic mass is 9.85. The van der Waals surface area contributed by atoms with Crippen molar-refractivity contribution in [1.82, 2.24) is 0 Å². The second-order valence-electron chi connectivity index (χ2n) is 5.56. The van der Waals surface area contributed by atoms with Gasteiger partial charge in [0.2, 0.25) is 0 Å². The number of halogens is 2. The zero-order valence-corrected chi connectivity index (χ0v) is 15.3. The number of hydrogen-bond donors (Lipinski definition) is 1. The van der Waals surface area contributed by atoms with Gasteiger partial charge in [-0.2, -0.15) is 8.42 Å². The van der Waals surface area contributed by atoms with E-state index in [1.54, 1.807) is 30.3 Å². The highest BCUT2D eigenvalue weighted by Gasteiger charge is 2.21. The van der Waals surface area contributed by atoms with Crippen LogP contribution in [0.25, 0.3) is 0 Å². The SMILES string of the molecule is O=S(=O)(O)c1cccc(C(c2ccccc2)c2cc(Cl)ccc2Cl)c1. The molecular weight excluding hydrogens is 379 g/mol. The first kappa shape index (κ1) is 18.0. The Bertz CT molecular complexity index is 1000.